The van der Waals surface area contributed by atoms with Crippen LogP contribution in [-0.4, -0.2) is 83.1 Å². The van der Waals surface area contributed by atoms with E-state index in [1.54, 1.807) is 17.3 Å². The molecule has 4 heterocycles. The summed E-state index contributed by atoms with van der Waals surface area (Å²) in [5.41, 5.74) is 2.74. The minimum absolute atomic E-state index is 0.0378. The van der Waals surface area contributed by atoms with Crippen molar-refractivity contribution in [1.82, 2.24) is 24.7 Å². The highest BCUT2D eigenvalue weighted by molar-refractivity contribution is 6.31. The molecular weight excluding hydrogens is 611 g/mol. The fourth-order valence-corrected chi connectivity index (χ4v) is 6.89. The number of aryl methyl sites for hydroxylation is 1. The Balaban J connectivity index is 1.16. The Morgan fingerprint density at radius 3 is 2.63 bits per heavy atom. The maximum Gasteiger partial charge on any atom is 0.338 e. The molecule has 2 amide bonds. The summed E-state index contributed by atoms with van der Waals surface area (Å²) in [6, 6.07) is 10.9. The number of anilines is 1. The van der Waals surface area contributed by atoms with Crippen LogP contribution in [0.2, 0.25) is 5.02 Å². The van der Waals surface area contributed by atoms with Gasteiger partial charge in [-0.25, -0.2) is 25.5 Å². The third-order valence-electron chi connectivity index (χ3n) is 9.29. The van der Waals surface area contributed by atoms with Crippen LogP contribution in [0.4, 0.5) is 14.9 Å². The lowest BCUT2D eigenvalue weighted by Crippen LogP contribution is -2.53. The van der Waals surface area contributed by atoms with Gasteiger partial charge in [0.15, 0.2) is 11.7 Å². The van der Waals surface area contributed by atoms with Gasteiger partial charge in [-0.2, -0.15) is 0 Å². The third-order valence-corrected chi connectivity index (χ3v) is 9.62. The molecule has 46 heavy (non-hydrogen) atoms. The molecule has 11 nitrogen and oxygen atoms in total. The highest BCUT2D eigenvalue weighted by atomic mass is 35.5. The summed E-state index contributed by atoms with van der Waals surface area (Å²) < 4.78 is 21.1. The zero-order chi connectivity index (χ0) is 32.2. The number of benzene rings is 2. The van der Waals surface area contributed by atoms with Crippen molar-refractivity contribution < 1.29 is 18.7 Å². The van der Waals surface area contributed by atoms with Gasteiger partial charge in [0.1, 0.15) is 11.9 Å². The van der Waals surface area contributed by atoms with Gasteiger partial charge < -0.3 is 24.4 Å². The number of hydrogen-bond donors (Lipinski definition) is 1. The zero-order valence-electron chi connectivity index (χ0n) is 25.4. The van der Waals surface area contributed by atoms with Gasteiger partial charge in [-0.3, -0.25) is 14.8 Å². The number of ether oxygens (including phenoxy) is 1. The number of carbonyl (C=O) groups is 2. The molecule has 1 saturated carbocycles. The molecule has 0 spiro atoms. The molecule has 1 aliphatic carbocycles. The van der Waals surface area contributed by atoms with Crippen molar-refractivity contribution in [2.75, 3.05) is 44.7 Å². The molecular formula is C33H32ClFN8O3. The van der Waals surface area contributed by atoms with Gasteiger partial charge in [0.05, 0.1) is 18.7 Å². The molecule has 3 aliphatic heterocycles. The van der Waals surface area contributed by atoms with Gasteiger partial charge >= 0.3 is 12.0 Å². The van der Waals surface area contributed by atoms with Gasteiger partial charge in [0, 0.05) is 92.5 Å². The Kier molecular flexibility index (Phi) is 7.53. The van der Waals surface area contributed by atoms with E-state index in [-0.39, 0.29) is 22.7 Å². The predicted molar refractivity (Wildman–Crippen MR) is 170 cm³/mol. The number of rotatable bonds is 7. The minimum Gasteiger partial charge on any atom is -0.466 e. The molecule has 0 unspecified atom stereocenters. The first-order valence-electron chi connectivity index (χ1n) is 15.1. The van der Waals surface area contributed by atoms with E-state index in [1.165, 1.54) is 25.3 Å². The summed E-state index contributed by atoms with van der Waals surface area (Å²) >= 11 is 6.51. The number of aromatic nitrogens is 2. The summed E-state index contributed by atoms with van der Waals surface area (Å²) in [6.07, 6.45) is 5.20. The predicted octanol–water partition coefficient (Wildman–Crippen LogP) is 4.27. The molecule has 0 bridgehead atoms. The largest absolute Gasteiger partial charge is 0.466 e. The van der Waals surface area contributed by atoms with Crippen LogP contribution in [0.3, 0.4) is 0 Å². The number of piperazine rings is 1. The van der Waals surface area contributed by atoms with Crippen molar-refractivity contribution in [2.45, 2.75) is 30.5 Å². The quantitative estimate of drug-likeness (QED) is 0.305. The van der Waals surface area contributed by atoms with E-state index < -0.39 is 23.4 Å². The third kappa shape index (κ3) is 5.19. The highest BCUT2D eigenvalue weighted by Gasteiger charge is 2.52. The second-order valence-corrected chi connectivity index (χ2v) is 12.5. The number of urea groups is 1. The number of methoxy groups -OCH3 is 1. The van der Waals surface area contributed by atoms with Gasteiger partial charge in [-0.05, 0) is 36.4 Å². The van der Waals surface area contributed by atoms with Gasteiger partial charge in [-0.15, -0.1) is 0 Å². The van der Waals surface area contributed by atoms with Crippen LogP contribution in [0.5, 0.6) is 0 Å². The molecule has 1 aromatic heterocycles. The average molecular weight is 643 g/mol. The molecule has 2 saturated heterocycles. The second-order valence-electron chi connectivity index (χ2n) is 12.1. The van der Waals surface area contributed by atoms with Gasteiger partial charge in [0.2, 0.25) is 0 Å². The SMILES string of the molecule is [C-]#[N+]C1(c2ccc(N3C[C@@H]4CN(CC5=C(C(=O)OC)[C@H](c6ccc(F)cc6Cl)N=C(c6nccn6C)N5)CCN4C3=O)cc2)CC1. The summed E-state index contributed by atoms with van der Waals surface area (Å²) in [6.45, 7) is 10.1. The topological polar surface area (TPSA) is 99.7 Å². The van der Waals surface area contributed by atoms with E-state index in [9.17, 15) is 14.0 Å². The molecule has 3 aromatic rings. The van der Waals surface area contributed by atoms with Crippen molar-refractivity contribution in [3.05, 3.63) is 105 Å². The van der Waals surface area contributed by atoms with Crippen LogP contribution in [0.15, 0.2) is 71.1 Å². The van der Waals surface area contributed by atoms with Gasteiger partial charge in [0.25, 0.3) is 5.54 Å². The zero-order valence-corrected chi connectivity index (χ0v) is 26.2. The monoisotopic (exact) mass is 642 g/mol. The number of esters is 1. The number of nitrogens with zero attached hydrogens (tertiary/aromatic N) is 7. The van der Waals surface area contributed by atoms with Crippen LogP contribution < -0.4 is 10.2 Å². The van der Waals surface area contributed by atoms with E-state index in [0.29, 0.717) is 55.6 Å². The van der Waals surface area contributed by atoms with E-state index in [2.05, 4.69) is 20.0 Å². The summed E-state index contributed by atoms with van der Waals surface area (Å²) in [4.78, 5) is 45.8. The summed E-state index contributed by atoms with van der Waals surface area (Å²) in [5.74, 6) is -0.0763. The van der Waals surface area contributed by atoms with Crippen molar-refractivity contribution in [3.63, 3.8) is 0 Å². The standard InChI is InChI=1S/C33H32ClFN8O3/c1-36-33(10-11-33)20-4-7-22(8-5-20)43-18-23-17-41(14-15-42(23)32(43)45)19-26-27(31(44)46-3)28(24-9-6-21(35)16-25(24)34)39-29(38-26)30-37-12-13-40(30)2/h4-9,12-13,16,23,28H,10-11,14-15,17-19H2,2-3H3,(H,38,39)/t23-,28-/m0/s1. The molecule has 4 aliphatic rings. The Bertz CT molecular complexity index is 1830. The average Bonchev–Trinajstić information content (AvgIpc) is 3.64. The van der Waals surface area contributed by atoms with Crippen molar-refractivity contribution in [1.29, 1.82) is 0 Å². The number of imidazole rings is 1. The van der Waals surface area contributed by atoms with Crippen molar-refractivity contribution in [2.24, 2.45) is 12.0 Å². The van der Waals surface area contributed by atoms with E-state index in [0.717, 1.165) is 24.1 Å². The van der Waals surface area contributed by atoms with Crippen LogP contribution in [0.25, 0.3) is 4.85 Å². The molecule has 7 rings (SSSR count). The van der Waals surface area contributed by atoms with Crippen molar-refractivity contribution >= 4 is 35.1 Å². The number of fused-ring (bicyclic) bond motifs is 1. The summed E-state index contributed by atoms with van der Waals surface area (Å²) in [7, 11) is 3.15. The van der Waals surface area contributed by atoms with Crippen LogP contribution >= 0.6 is 11.6 Å². The lowest BCUT2D eigenvalue weighted by Gasteiger charge is -2.38. The number of halogens is 2. The summed E-state index contributed by atoms with van der Waals surface area (Å²) in [5, 5.41) is 3.49. The number of carbonyl (C=O) groups excluding carboxylic acids is 2. The molecule has 13 heteroatoms. The maximum absolute atomic E-state index is 14.0. The fraction of sp³-hybridized carbons (Fsp3) is 0.364. The second kappa shape index (κ2) is 11.6. The fourth-order valence-electron chi connectivity index (χ4n) is 6.62. The minimum atomic E-state index is -0.867. The molecule has 2 aromatic carbocycles. The Morgan fingerprint density at radius 1 is 1.20 bits per heavy atom. The Labute approximate surface area is 270 Å². The number of aliphatic imine (C=N–C) groups is 1. The smallest absolute Gasteiger partial charge is 0.338 e. The molecule has 2 atom stereocenters. The van der Waals surface area contributed by atoms with Crippen LogP contribution in [0, 0.1) is 12.4 Å². The van der Waals surface area contributed by atoms with E-state index >= 15 is 0 Å². The van der Waals surface area contributed by atoms with Crippen molar-refractivity contribution in [3.8, 4) is 0 Å². The molecule has 3 fully saturated rings. The molecule has 1 N–H and O–H groups in total. The normalized spacial score (nSPS) is 22.2. The number of amides is 2. The highest BCUT2D eigenvalue weighted by Crippen LogP contribution is 2.50. The van der Waals surface area contributed by atoms with Crippen LogP contribution in [-0.2, 0) is 22.1 Å². The van der Waals surface area contributed by atoms with Gasteiger partial charge in [-0.1, -0.05) is 17.7 Å². The number of amidine groups is 1. The lowest BCUT2D eigenvalue weighted by molar-refractivity contribution is -0.136. The number of hydrogen-bond acceptors (Lipinski definition) is 7. The van der Waals surface area contributed by atoms with E-state index in [4.69, 9.17) is 27.9 Å². The van der Waals surface area contributed by atoms with E-state index in [1.807, 2.05) is 40.8 Å². The Morgan fingerprint density at radius 2 is 1.98 bits per heavy atom. The first-order chi connectivity index (χ1) is 22.2. The Hall–Kier alpha value is -4.73. The first-order valence-corrected chi connectivity index (χ1v) is 15.5. The number of nitrogens with one attached hydrogen (secondary N) is 1. The van der Waals surface area contributed by atoms with Crippen LogP contribution in [0.1, 0.15) is 35.8 Å². The lowest BCUT2D eigenvalue weighted by atomic mass is 9.95. The molecule has 0 radical (unpaired) electrons. The maximum atomic E-state index is 14.0. The molecule has 236 valence electrons. The first kappa shape index (κ1) is 30.0.